The predicted molar refractivity (Wildman–Crippen MR) is 12.9 cm³/mol. The second-order valence-corrected chi connectivity index (χ2v) is 0.250. The number of hydrogen-bond acceptors (Lipinski definition) is 2. The van der Waals surface area contributed by atoms with Crippen LogP contribution in [0.15, 0.2) is 0 Å². The van der Waals surface area contributed by atoms with E-state index in [4.69, 9.17) is 8.92 Å². The fourth-order valence-electron chi connectivity index (χ4n) is 0. The summed E-state index contributed by atoms with van der Waals surface area (Å²) in [6.45, 7) is 0. The van der Waals surface area contributed by atoms with Crippen molar-refractivity contribution >= 4 is 35.5 Å². The molecular formula is BiO2Si. The minimum Gasteiger partial charge on any atom is -0.274 e. The number of hydrogen-bond donors (Lipinski definition) is 0. The maximum atomic E-state index is 8.40. The summed E-state index contributed by atoms with van der Waals surface area (Å²) in [6.07, 6.45) is 0. The van der Waals surface area contributed by atoms with Gasteiger partial charge >= 0.3 is 9.29 Å². The molecule has 0 aromatic rings. The summed E-state index contributed by atoms with van der Waals surface area (Å²) in [5.74, 6) is 0. The van der Waals surface area contributed by atoms with E-state index in [0.717, 1.165) is 0 Å². The average molecular weight is 269 g/mol. The van der Waals surface area contributed by atoms with E-state index in [2.05, 4.69) is 0 Å². The summed E-state index contributed by atoms with van der Waals surface area (Å²) < 4.78 is 16.8. The van der Waals surface area contributed by atoms with Crippen molar-refractivity contribution in [2.45, 2.75) is 0 Å². The molecule has 0 N–H and O–H groups in total. The second kappa shape index (κ2) is 9.33. The van der Waals surface area contributed by atoms with E-state index < -0.39 is 9.29 Å². The second-order valence-electron chi connectivity index (χ2n) is 0.0833. The molecule has 0 fully saturated rings. The summed E-state index contributed by atoms with van der Waals surface area (Å²) in [4.78, 5) is 0. The van der Waals surface area contributed by atoms with Gasteiger partial charge in [-0.1, -0.05) is 0 Å². The smallest absolute Gasteiger partial charge is 0.274 e. The van der Waals surface area contributed by atoms with Gasteiger partial charge in [-0.15, -0.1) is 0 Å². The monoisotopic (exact) mass is 269 g/mol. The van der Waals surface area contributed by atoms with Crippen LogP contribution < -0.4 is 0 Å². The molecule has 0 aliphatic heterocycles. The molecule has 0 aromatic carbocycles. The van der Waals surface area contributed by atoms with Gasteiger partial charge in [0.25, 0.3) is 0 Å². The van der Waals surface area contributed by atoms with Gasteiger partial charge in [-0.2, -0.15) is 0 Å². The number of rotatable bonds is 0. The van der Waals surface area contributed by atoms with Gasteiger partial charge in [-0.3, -0.25) is 8.92 Å². The Balaban J connectivity index is 0. The average Bonchev–Trinajstić information content (AvgIpc) is 0.918. The molecule has 0 saturated heterocycles. The normalized spacial score (nSPS) is 2.00. The van der Waals surface area contributed by atoms with Gasteiger partial charge in [-0.05, 0) is 0 Å². The van der Waals surface area contributed by atoms with Crippen molar-refractivity contribution in [3.63, 3.8) is 0 Å². The van der Waals surface area contributed by atoms with E-state index in [1.165, 1.54) is 0 Å². The van der Waals surface area contributed by atoms with Crippen molar-refractivity contribution in [2.24, 2.45) is 0 Å². The zero-order valence-corrected chi connectivity index (χ0v) is 6.24. The first kappa shape index (κ1) is 8.83. The van der Waals surface area contributed by atoms with Crippen LogP contribution in [0.1, 0.15) is 0 Å². The zero-order valence-electron chi connectivity index (χ0n) is 1.76. The first-order chi connectivity index (χ1) is 1.41. The molecule has 0 amide bonds. The Morgan fingerprint density at radius 3 is 1.25 bits per heavy atom. The Kier molecular flexibility index (Phi) is 20.6. The van der Waals surface area contributed by atoms with Gasteiger partial charge < -0.3 is 0 Å². The summed E-state index contributed by atoms with van der Waals surface area (Å²) in [5.41, 5.74) is 0. The molecular weight excluding hydrogens is 269 g/mol. The largest absolute Gasteiger partial charge is 0.549 e. The van der Waals surface area contributed by atoms with Crippen LogP contribution in [0.25, 0.3) is 0 Å². The molecule has 0 atom stereocenters. The fourth-order valence-corrected chi connectivity index (χ4v) is 0. The van der Waals surface area contributed by atoms with Crippen molar-refractivity contribution in [1.82, 2.24) is 0 Å². The zero-order chi connectivity index (χ0) is 2.71. The summed E-state index contributed by atoms with van der Waals surface area (Å²) >= 11 is 0. The van der Waals surface area contributed by atoms with E-state index in [-0.39, 0.29) is 26.2 Å². The van der Waals surface area contributed by atoms with Crippen LogP contribution in [0.3, 0.4) is 0 Å². The molecule has 0 aromatic heterocycles. The Morgan fingerprint density at radius 2 is 1.25 bits per heavy atom. The van der Waals surface area contributed by atoms with E-state index >= 15 is 0 Å². The van der Waals surface area contributed by atoms with E-state index in [1.54, 1.807) is 0 Å². The van der Waals surface area contributed by atoms with E-state index in [1.807, 2.05) is 0 Å². The third-order valence-corrected chi connectivity index (χ3v) is 0. The van der Waals surface area contributed by atoms with Crippen LogP contribution in [0, 0.1) is 0 Å². The van der Waals surface area contributed by atoms with Crippen LogP contribution in [0.5, 0.6) is 0 Å². The molecule has 0 aliphatic rings. The van der Waals surface area contributed by atoms with Crippen molar-refractivity contribution in [2.75, 3.05) is 0 Å². The maximum absolute atomic E-state index is 8.40. The molecule has 0 spiro atoms. The van der Waals surface area contributed by atoms with Crippen LogP contribution in [0.2, 0.25) is 0 Å². The van der Waals surface area contributed by atoms with Gasteiger partial charge in [0.2, 0.25) is 0 Å². The van der Waals surface area contributed by atoms with Gasteiger partial charge in [0, 0.05) is 26.2 Å². The molecule has 21 valence electrons. The maximum Gasteiger partial charge on any atom is 0.549 e. The molecule has 4 heavy (non-hydrogen) atoms. The molecule has 0 heterocycles. The SMILES string of the molecule is O=[Si]=O.[Bi]. The van der Waals surface area contributed by atoms with Crippen molar-refractivity contribution in [3.8, 4) is 0 Å². The Labute approximate surface area is 44.7 Å². The van der Waals surface area contributed by atoms with Crippen LogP contribution in [-0.2, 0) is 8.92 Å². The Hall–Kier alpha value is 0.700. The summed E-state index contributed by atoms with van der Waals surface area (Å²) in [7, 11) is -1.42. The molecule has 0 bridgehead atoms. The van der Waals surface area contributed by atoms with Gasteiger partial charge in [-0.25, -0.2) is 0 Å². The van der Waals surface area contributed by atoms with Gasteiger partial charge in [0.05, 0.1) is 0 Å². The summed E-state index contributed by atoms with van der Waals surface area (Å²) in [6, 6.07) is 0. The van der Waals surface area contributed by atoms with E-state index in [9.17, 15) is 0 Å². The topological polar surface area (TPSA) is 34.1 Å². The predicted octanol–water partition coefficient (Wildman–Crippen LogP) is -0.999. The van der Waals surface area contributed by atoms with Gasteiger partial charge in [0.1, 0.15) is 0 Å². The quantitative estimate of drug-likeness (QED) is 0.529. The van der Waals surface area contributed by atoms with E-state index in [0.29, 0.717) is 0 Å². The molecule has 3 radical (unpaired) electrons. The standard InChI is InChI=1S/Bi.O2Si/c;1-3-2. The molecule has 4 heteroatoms. The Morgan fingerprint density at radius 1 is 1.25 bits per heavy atom. The van der Waals surface area contributed by atoms with Crippen molar-refractivity contribution in [3.05, 3.63) is 0 Å². The Bertz CT molecular complexity index is 27.0. The molecule has 0 unspecified atom stereocenters. The molecule has 0 rings (SSSR count). The van der Waals surface area contributed by atoms with Crippen molar-refractivity contribution < 1.29 is 8.92 Å². The first-order valence-corrected chi connectivity index (χ1v) is 1.22. The van der Waals surface area contributed by atoms with Gasteiger partial charge in [0.15, 0.2) is 0 Å². The third kappa shape index (κ3) is 15.9. The van der Waals surface area contributed by atoms with Crippen LogP contribution >= 0.6 is 0 Å². The van der Waals surface area contributed by atoms with Crippen molar-refractivity contribution in [1.29, 1.82) is 0 Å². The van der Waals surface area contributed by atoms with Crippen LogP contribution in [0.4, 0.5) is 0 Å². The van der Waals surface area contributed by atoms with Crippen LogP contribution in [-0.4, -0.2) is 35.5 Å². The fraction of sp³-hybridized carbons (Fsp3) is 0. The molecule has 0 aliphatic carbocycles. The minimum atomic E-state index is -1.42. The third-order valence-electron chi connectivity index (χ3n) is 0. The summed E-state index contributed by atoms with van der Waals surface area (Å²) in [5, 5.41) is 0. The molecule has 0 saturated carbocycles. The molecule has 2 nitrogen and oxygen atoms in total. The first-order valence-electron chi connectivity index (χ1n) is 0.408. The minimum absolute atomic E-state index is 0.